The van der Waals surface area contributed by atoms with Crippen LogP contribution in [0.3, 0.4) is 0 Å². The molecule has 2 aromatic heterocycles. The van der Waals surface area contributed by atoms with Gasteiger partial charge in [-0.05, 0) is 20.8 Å². The number of fused-ring (bicyclic) bond motifs is 1. The van der Waals surface area contributed by atoms with E-state index >= 15 is 0 Å². The molecule has 3 rings (SSSR count). The third-order valence-corrected chi connectivity index (χ3v) is 3.71. The largest absolute Gasteiger partial charge is 0.354 e. The highest BCUT2D eigenvalue weighted by molar-refractivity contribution is 5.93. The molecule has 2 aromatic rings. The third-order valence-electron chi connectivity index (χ3n) is 3.71. The fourth-order valence-corrected chi connectivity index (χ4v) is 2.52. The van der Waals surface area contributed by atoms with Gasteiger partial charge in [-0.15, -0.1) is 0 Å². The second kappa shape index (κ2) is 4.87. The third kappa shape index (κ3) is 2.16. The van der Waals surface area contributed by atoms with Crippen molar-refractivity contribution in [2.24, 2.45) is 0 Å². The Morgan fingerprint density at radius 3 is 3.00 bits per heavy atom. The van der Waals surface area contributed by atoms with Gasteiger partial charge in [-0.25, -0.2) is 4.98 Å². The fourth-order valence-electron chi connectivity index (χ4n) is 2.52. The van der Waals surface area contributed by atoms with E-state index in [1.165, 1.54) is 0 Å². The molecule has 1 amide bonds. The number of carbonyl (C=O) groups excluding carboxylic acids is 1. The second-order valence-corrected chi connectivity index (χ2v) is 5.47. The molecule has 0 unspecified atom stereocenters. The monoisotopic (exact) mass is 289 g/mol. The SMILES string of the molecule is CCNc1nc(N2CCNC(=O)C2(C)C)c2[nH]cnc2n1. The van der Waals surface area contributed by atoms with Gasteiger partial charge in [0.2, 0.25) is 11.9 Å². The van der Waals surface area contributed by atoms with Gasteiger partial charge in [0.25, 0.3) is 0 Å². The predicted octanol–water partition coefficient (Wildman–Crippen LogP) is 0.499. The average molecular weight is 289 g/mol. The average Bonchev–Trinajstić information content (AvgIpc) is 2.90. The lowest BCUT2D eigenvalue weighted by molar-refractivity contribution is -0.126. The lowest BCUT2D eigenvalue weighted by atomic mass is 9.99. The summed E-state index contributed by atoms with van der Waals surface area (Å²) in [7, 11) is 0. The standard InChI is InChI=1S/C13H19N7O/c1-4-14-12-18-9-8(16-7-17-9)10(19-12)20-6-5-15-11(21)13(20,2)3/h7H,4-6H2,1-3H3,(H,15,21)(H2,14,16,17,18,19). The van der Waals surface area contributed by atoms with Crippen LogP contribution in [0.5, 0.6) is 0 Å². The van der Waals surface area contributed by atoms with Crippen molar-refractivity contribution in [3.63, 3.8) is 0 Å². The molecule has 1 fully saturated rings. The summed E-state index contributed by atoms with van der Waals surface area (Å²) in [5, 5.41) is 5.99. The second-order valence-electron chi connectivity index (χ2n) is 5.47. The Bertz CT molecular complexity index is 678. The number of nitrogens with one attached hydrogen (secondary N) is 3. The Kier molecular flexibility index (Phi) is 3.15. The van der Waals surface area contributed by atoms with Gasteiger partial charge in [0.1, 0.15) is 11.1 Å². The highest BCUT2D eigenvalue weighted by Gasteiger charge is 2.39. The van der Waals surface area contributed by atoms with Crippen molar-refractivity contribution in [2.75, 3.05) is 29.9 Å². The van der Waals surface area contributed by atoms with Crippen molar-refractivity contribution in [1.82, 2.24) is 25.3 Å². The molecule has 0 saturated carbocycles. The maximum Gasteiger partial charge on any atom is 0.245 e. The lowest BCUT2D eigenvalue weighted by Crippen LogP contribution is -2.62. The number of imidazole rings is 1. The van der Waals surface area contributed by atoms with Crippen LogP contribution in [-0.4, -0.2) is 51.0 Å². The molecular weight excluding hydrogens is 270 g/mol. The van der Waals surface area contributed by atoms with Gasteiger partial charge in [-0.1, -0.05) is 0 Å². The predicted molar refractivity (Wildman–Crippen MR) is 80.3 cm³/mol. The molecule has 0 aromatic carbocycles. The van der Waals surface area contributed by atoms with Crippen LogP contribution in [-0.2, 0) is 4.79 Å². The van der Waals surface area contributed by atoms with Gasteiger partial charge in [0.15, 0.2) is 11.5 Å². The van der Waals surface area contributed by atoms with Crippen LogP contribution in [0.15, 0.2) is 6.33 Å². The van der Waals surface area contributed by atoms with Crippen molar-refractivity contribution < 1.29 is 4.79 Å². The van der Waals surface area contributed by atoms with Crippen LogP contribution in [0.2, 0.25) is 0 Å². The van der Waals surface area contributed by atoms with E-state index in [0.29, 0.717) is 30.5 Å². The van der Waals surface area contributed by atoms with E-state index in [-0.39, 0.29) is 5.91 Å². The number of amides is 1. The highest BCUT2D eigenvalue weighted by Crippen LogP contribution is 2.29. The molecule has 8 nitrogen and oxygen atoms in total. The van der Waals surface area contributed by atoms with Crippen molar-refractivity contribution in [3.8, 4) is 0 Å². The minimum Gasteiger partial charge on any atom is -0.354 e. The van der Waals surface area contributed by atoms with E-state index in [4.69, 9.17) is 0 Å². The number of nitrogens with zero attached hydrogens (tertiary/aromatic N) is 4. The Morgan fingerprint density at radius 2 is 2.24 bits per heavy atom. The Hall–Kier alpha value is -2.38. The number of hydrogen-bond acceptors (Lipinski definition) is 6. The summed E-state index contributed by atoms with van der Waals surface area (Å²) < 4.78 is 0. The maximum atomic E-state index is 12.1. The summed E-state index contributed by atoms with van der Waals surface area (Å²) in [5.41, 5.74) is 0.672. The lowest BCUT2D eigenvalue weighted by Gasteiger charge is -2.42. The van der Waals surface area contributed by atoms with Crippen LogP contribution in [0.4, 0.5) is 11.8 Å². The first-order valence-corrected chi connectivity index (χ1v) is 7.05. The number of anilines is 2. The van der Waals surface area contributed by atoms with Crippen LogP contribution in [0.25, 0.3) is 11.2 Å². The Morgan fingerprint density at radius 1 is 1.43 bits per heavy atom. The van der Waals surface area contributed by atoms with Crippen LogP contribution in [0.1, 0.15) is 20.8 Å². The zero-order valence-corrected chi connectivity index (χ0v) is 12.4. The molecule has 1 aliphatic rings. The molecule has 3 heterocycles. The number of carbonyl (C=O) groups is 1. The van der Waals surface area contributed by atoms with Crippen molar-refractivity contribution in [2.45, 2.75) is 26.3 Å². The van der Waals surface area contributed by atoms with Crippen molar-refractivity contribution >= 4 is 28.8 Å². The van der Waals surface area contributed by atoms with Crippen LogP contribution < -0.4 is 15.5 Å². The zero-order valence-electron chi connectivity index (χ0n) is 12.4. The molecule has 0 atom stereocenters. The summed E-state index contributed by atoms with van der Waals surface area (Å²) in [5.74, 6) is 1.22. The number of aromatic amines is 1. The molecule has 112 valence electrons. The molecule has 1 saturated heterocycles. The minimum absolute atomic E-state index is 0.00923. The first kappa shape index (κ1) is 13.6. The number of piperazine rings is 1. The molecule has 0 radical (unpaired) electrons. The quantitative estimate of drug-likeness (QED) is 0.761. The van der Waals surface area contributed by atoms with Crippen molar-refractivity contribution in [1.29, 1.82) is 0 Å². The number of hydrogen-bond donors (Lipinski definition) is 3. The summed E-state index contributed by atoms with van der Waals surface area (Å²) in [6.07, 6.45) is 1.59. The van der Waals surface area contributed by atoms with E-state index in [0.717, 1.165) is 12.1 Å². The van der Waals surface area contributed by atoms with Crippen molar-refractivity contribution in [3.05, 3.63) is 6.33 Å². The number of rotatable bonds is 3. The van der Waals surface area contributed by atoms with Crippen LogP contribution >= 0.6 is 0 Å². The summed E-state index contributed by atoms with van der Waals surface area (Å²) in [6.45, 7) is 7.76. The van der Waals surface area contributed by atoms with Gasteiger partial charge in [-0.3, -0.25) is 4.79 Å². The van der Waals surface area contributed by atoms with E-state index in [2.05, 4.69) is 30.6 Å². The number of aromatic nitrogens is 4. The summed E-state index contributed by atoms with van der Waals surface area (Å²) >= 11 is 0. The highest BCUT2D eigenvalue weighted by atomic mass is 16.2. The molecular formula is C13H19N7O. The smallest absolute Gasteiger partial charge is 0.245 e. The normalized spacial score (nSPS) is 17.9. The Labute approximate surface area is 122 Å². The van der Waals surface area contributed by atoms with E-state index in [1.54, 1.807) is 6.33 Å². The minimum atomic E-state index is -0.672. The Balaban J connectivity index is 2.13. The number of H-pyrrole nitrogens is 1. The van der Waals surface area contributed by atoms with Gasteiger partial charge in [0.05, 0.1) is 6.33 Å². The van der Waals surface area contributed by atoms with Gasteiger partial charge < -0.3 is 20.5 Å². The van der Waals surface area contributed by atoms with E-state index in [9.17, 15) is 4.79 Å². The zero-order chi connectivity index (χ0) is 15.0. The van der Waals surface area contributed by atoms with Crippen LogP contribution in [0, 0.1) is 0 Å². The van der Waals surface area contributed by atoms with E-state index in [1.807, 2.05) is 25.7 Å². The molecule has 3 N–H and O–H groups in total. The fraction of sp³-hybridized carbons (Fsp3) is 0.538. The molecule has 0 bridgehead atoms. The molecule has 0 spiro atoms. The van der Waals surface area contributed by atoms with Gasteiger partial charge in [-0.2, -0.15) is 9.97 Å². The van der Waals surface area contributed by atoms with Gasteiger partial charge >= 0.3 is 0 Å². The first-order chi connectivity index (χ1) is 10.0. The van der Waals surface area contributed by atoms with E-state index < -0.39 is 5.54 Å². The maximum absolute atomic E-state index is 12.1. The summed E-state index contributed by atoms with van der Waals surface area (Å²) in [6, 6.07) is 0. The molecule has 8 heteroatoms. The molecule has 0 aliphatic carbocycles. The van der Waals surface area contributed by atoms with Gasteiger partial charge in [0, 0.05) is 19.6 Å². The molecule has 1 aliphatic heterocycles. The first-order valence-electron chi connectivity index (χ1n) is 7.05. The molecule has 21 heavy (non-hydrogen) atoms. The summed E-state index contributed by atoms with van der Waals surface area (Å²) in [4.78, 5) is 30.3. The topological polar surface area (TPSA) is 98.8 Å².